The van der Waals surface area contributed by atoms with Crippen LogP contribution in [0.3, 0.4) is 0 Å². The highest BCUT2D eigenvalue weighted by Gasteiger charge is 2.63. The molecule has 1 aromatic carbocycles. The highest BCUT2D eigenvalue weighted by atomic mass is 19.4. The normalized spacial score (nSPS) is 24.7. The predicted octanol–water partition coefficient (Wildman–Crippen LogP) is 3.80. The average Bonchev–Trinajstić information content (AvgIpc) is 3.35. The Labute approximate surface area is 245 Å². The van der Waals surface area contributed by atoms with Gasteiger partial charge in [0.15, 0.2) is 24.1 Å². The van der Waals surface area contributed by atoms with Crippen molar-refractivity contribution in [2.45, 2.75) is 76.0 Å². The van der Waals surface area contributed by atoms with E-state index in [1.165, 1.54) is 12.1 Å². The van der Waals surface area contributed by atoms with Crippen molar-refractivity contribution in [3.63, 3.8) is 0 Å². The monoisotopic (exact) mass is 610 g/mol. The number of carbonyl (C=O) groups is 3. The summed E-state index contributed by atoms with van der Waals surface area (Å²) in [7, 11) is 0. The van der Waals surface area contributed by atoms with Gasteiger partial charge in [-0.05, 0) is 30.5 Å². The molecule has 5 atom stereocenters. The Balaban J connectivity index is 1.37. The average molecular weight is 611 g/mol. The van der Waals surface area contributed by atoms with Crippen molar-refractivity contribution in [1.29, 1.82) is 0 Å². The molecular weight excluding hydrogens is 577 g/mol. The van der Waals surface area contributed by atoms with E-state index in [1.807, 2.05) is 30.3 Å². The van der Waals surface area contributed by atoms with Crippen molar-refractivity contribution in [2.24, 2.45) is 0 Å². The molecule has 234 valence electrons. The molecule has 14 heteroatoms. The first-order valence-electron chi connectivity index (χ1n) is 13.7. The van der Waals surface area contributed by atoms with Gasteiger partial charge in [0.2, 0.25) is 0 Å². The van der Waals surface area contributed by atoms with Crippen LogP contribution in [0.4, 0.5) is 19.0 Å². The quantitative estimate of drug-likeness (QED) is 0.202. The Kier molecular flexibility index (Phi) is 10.6. The Morgan fingerprint density at radius 2 is 1.77 bits per heavy atom. The van der Waals surface area contributed by atoms with Crippen LogP contribution in [-0.2, 0) is 55.6 Å². The van der Waals surface area contributed by atoms with Gasteiger partial charge >= 0.3 is 24.1 Å². The lowest BCUT2D eigenvalue weighted by atomic mass is 9.87. The number of nitrogens with one attached hydrogen (secondary N) is 1. The zero-order valence-corrected chi connectivity index (χ0v) is 23.6. The molecule has 0 saturated carbocycles. The summed E-state index contributed by atoms with van der Waals surface area (Å²) in [4.78, 5) is 39.8. The molecule has 1 aromatic heterocycles. The predicted molar refractivity (Wildman–Crippen MR) is 142 cm³/mol. The Hall–Kier alpha value is -3.75. The van der Waals surface area contributed by atoms with Crippen molar-refractivity contribution in [2.75, 3.05) is 25.1 Å². The maximum atomic E-state index is 13.2. The van der Waals surface area contributed by atoms with Crippen LogP contribution in [0.1, 0.15) is 44.4 Å². The SMILES string of the molecule is CC(=O)O[C@@H]1[C@@H](Nc2cccc(C(F)(F)F)n2)[C@H]2OC[C@](COCCCCC(=O)OCc3ccccc3)(O2)[C@@H]1OC(C)=O. The van der Waals surface area contributed by atoms with Gasteiger partial charge in [0.25, 0.3) is 0 Å². The summed E-state index contributed by atoms with van der Waals surface area (Å²) in [5.41, 5.74) is -1.61. The minimum Gasteiger partial charge on any atom is -0.461 e. The Morgan fingerprint density at radius 1 is 1.02 bits per heavy atom. The van der Waals surface area contributed by atoms with Gasteiger partial charge in [-0.2, -0.15) is 13.2 Å². The minimum absolute atomic E-state index is 0.118. The van der Waals surface area contributed by atoms with E-state index in [4.69, 9.17) is 28.4 Å². The van der Waals surface area contributed by atoms with E-state index in [2.05, 4.69) is 10.3 Å². The number of nitrogens with zero attached hydrogens (tertiary/aromatic N) is 1. The topological polar surface area (TPSA) is 132 Å². The number of benzene rings is 1. The van der Waals surface area contributed by atoms with Crippen molar-refractivity contribution in [3.8, 4) is 0 Å². The van der Waals surface area contributed by atoms with Crippen LogP contribution in [0.5, 0.6) is 0 Å². The standard InChI is InChI=1S/C29H33F3N2O9/c1-18(35)41-25-24(34-22-12-8-11-21(33-22)29(30,31)32)27-40-17-28(43-27,26(25)42-19(2)36)16-38-14-7-6-13-23(37)39-15-20-9-4-3-5-10-20/h3-5,8-12,24-27H,6-7,13-17H2,1-2H3,(H,33,34)/t24-,25-,26-,27+,28+/m1/s1. The lowest BCUT2D eigenvalue weighted by Crippen LogP contribution is -2.66. The highest BCUT2D eigenvalue weighted by molar-refractivity contribution is 5.69. The molecule has 2 aliphatic rings. The number of rotatable bonds is 13. The fourth-order valence-electron chi connectivity index (χ4n) is 4.85. The zero-order valence-electron chi connectivity index (χ0n) is 23.6. The molecule has 43 heavy (non-hydrogen) atoms. The summed E-state index contributed by atoms with van der Waals surface area (Å²) in [6.07, 6.45) is -7.03. The molecule has 11 nitrogen and oxygen atoms in total. The van der Waals surface area contributed by atoms with Crippen LogP contribution in [0, 0.1) is 0 Å². The number of alkyl halides is 3. The molecule has 2 bridgehead atoms. The fraction of sp³-hybridized carbons (Fsp3) is 0.517. The Morgan fingerprint density at radius 3 is 2.47 bits per heavy atom. The largest absolute Gasteiger partial charge is 0.461 e. The number of aromatic nitrogens is 1. The zero-order chi connectivity index (χ0) is 31.0. The van der Waals surface area contributed by atoms with Crippen LogP contribution in [0.25, 0.3) is 0 Å². The van der Waals surface area contributed by atoms with Crippen LogP contribution in [-0.4, -0.2) is 72.9 Å². The number of ether oxygens (including phenoxy) is 6. The second kappa shape index (κ2) is 14.1. The summed E-state index contributed by atoms with van der Waals surface area (Å²) in [6.45, 7) is 2.49. The second-order valence-electron chi connectivity index (χ2n) is 10.2. The van der Waals surface area contributed by atoms with Gasteiger partial charge in [-0.15, -0.1) is 0 Å². The number of halogens is 3. The first-order chi connectivity index (χ1) is 20.5. The number of fused-ring (bicyclic) bond motifs is 2. The van der Waals surface area contributed by atoms with Crippen LogP contribution in [0.15, 0.2) is 48.5 Å². The van der Waals surface area contributed by atoms with Gasteiger partial charge in [-0.25, -0.2) is 4.98 Å². The molecule has 2 fully saturated rings. The summed E-state index contributed by atoms with van der Waals surface area (Å²) in [5, 5.41) is 2.80. The van der Waals surface area contributed by atoms with E-state index in [9.17, 15) is 27.6 Å². The van der Waals surface area contributed by atoms with Gasteiger partial charge in [0.1, 0.15) is 24.2 Å². The third-order valence-electron chi connectivity index (χ3n) is 6.76. The molecular formula is C29H33F3N2O9. The molecule has 2 aromatic rings. The van der Waals surface area contributed by atoms with Crippen LogP contribution < -0.4 is 5.32 Å². The van der Waals surface area contributed by atoms with Crippen molar-refractivity contribution in [1.82, 2.24) is 4.98 Å². The molecule has 0 amide bonds. The van der Waals surface area contributed by atoms with E-state index >= 15 is 0 Å². The first kappa shape index (κ1) is 32.2. The van der Waals surface area contributed by atoms with Gasteiger partial charge in [-0.1, -0.05) is 36.4 Å². The van der Waals surface area contributed by atoms with Crippen molar-refractivity contribution in [3.05, 3.63) is 59.8 Å². The lowest BCUT2D eigenvalue weighted by molar-refractivity contribution is -0.244. The third-order valence-corrected chi connectivity index (χ3v) is 6.76. The lowest BCUT2D eigenvalue weighted by Gasteiger charge is -2.45. The number of carbonyl (C=O) groups excluding carboxylic acids is 3. The first-order valence-corrected chi connectivity index (χ1v) is 13.7. The minimum atomic E-state index is -4.69. The van der Waals surface area contributed by atoms with Crippen LogP contribution >= 0.6 is 0 Å². The van der Waals surface area contributed by atoms with Crippen molar-refractivity contribution >= 4 is 23.7 Å². The van der Waals surface area contributed by atoms with Gasteiger partial charge in [0, 0.05) is 26.9 Å². The molecule has 3 heterocycles. The maximum Gasteiger partial charge on any atom is 0.433 e. The summed E-state index contributed by atoms with van der Waals surface area (Å²) < 4.78 is 73.8. The molecule has 4 rings (SSSR count). The van der Waals surface area contributed by atoms with E-state index < -0.39 is 53.9 Å². The van der Waals surface area contributed by atoms with Gasteiger partial charge < -0.3 is 33.7 Å². The van der Waals surface area contributed by atoms with Crippen LogP contribution in [0.2, 0.25) is 0 Å². The van der Waals surface area contributed by atoms with Gasteiger partial charge in [0.05, 0.1) is 13.2 Å². The molecule has 1 N–H and O–H groups in total. The molecule has 0 radical (unpaired) electrons. The van der Waals surface area contributed by atoms with E-state index in [0.29, 0.717) is 12.8 Å². The van der Waals surface area contributed by atoms with E-state index in [-0.39, 0.29) is 44.6 Å². The number of hydrogen-bond acceptors (Lipinski definition) is 11. The Bertz CT molecular complexity index is 1260. The highest BCUT2D eigenvalue weighted by Crippen LogP contribution is 2.41. The van der Waals surface area contributed by atoms with E-state index in [0.717, 1.165) is 25.5 Å². The summed E-state index contributed by atoms with van der Waals surface area (Å²) in [6, 6.07) is 11.5. The molecule has 0 spiro atoms. The van der Waals surface area contributed by atoms with E-state index in [1.54, 1.807) is 0 Å². The molecule has 2 saturated heterocycles. The summed E-state index contributed by atoms with van der Waals surface area (Å²) in [5.74, 6) is -1.94. The number of anilines is 1. The van der Waals surface area contributed by atoms with Gasteiger partial charge in [-0.3, -0.25) is 14.4 Å². The molecule has 0 unspecified atom stereocenters. The number of hydrogen-bond donors (Lipinski definition) is 1. The molecule has 2 aliphatic heterocycles. The summed E-state index contributed by atoms with van der Waals surface area (Å²) >= 11 is 0. The number of unbranched alkanes of at least 4 members (excludes halogenated alkanes) is 1. The number of esters is 3. The fourth-order valence-corrected chi connectivity index (χ4v) is 4.85. The maximum absolute atomic E-state index is 13.2. The van der Waals surface area contributed by atoms with Crippen molar-refractivity contribution < 1.29 is 56.0 Å². The number of pyridine rings is 1. The second-order valence-corrected chi connectivity index (χ2v) is 10.2. The molecule has 0 aliphatic carbocycles. The smallest absolute Gasteiger partial charge is 0.433 e. The third kappa shape index (κ3) is 8.65.